The predicted octanol–water partition coefficient (Wildman–Crippen LogP) is 0.889. The average Bonchev–Trinajstić information content (AvgIpc) is 2.30. The first-order valence-electron chi connectivity index (χ1n) is 5.23. The van der Waals surface area contributed by atoms with Crippen LogP contribution < -0.4 is 9.88 Å². The molecule has 2 rings (SSSR count). The SMILES string of the molecule is CCNc1nc(C)nc(-[n+]2ccccc2)n1. The summed E-state index contributed by atoms with van der Waals surface area (Å²) in [5, 5.41) is 3.08. The zero-order valence-corrected chi connectivity index (χ0v) is 9.38. The number of aromatic nitrogens is 4. The fourth-order valence-corrected chi connectivity index (χ4v) is 1.35. The Morgan fingerprint density at radius 2 is 1.88 bits per heavy atom. The van der Waals surface area contributed by atoms with Gasteiger partial charge in [-0.3, -0.25) is 0 Å². The first-order valence-corrected chi connectivity index (χ1v) is 5.23. The Kier molecular flexibility index (Phi) is 3.05. The van der Waals surface area contributed by atoms with Gasteiger partial charge in [-0.15, -0.1) is 0 Å². The molecule has 0 saturated carbocycles. The zero-order valence-electron chi connectivity index (χ0n) is 9.38. The number of hydrogen-bond donors (Lipinski definition) is 1. The second kappa shape index (κ2) is 4.65. The molecule has 0 radical (unpaired) electrons. The van der Waals surface area contributed by atoms with Crippen molar-refractivity contribution in [2.75, 3.05) is 11.9 Å². The van der Waals surface area contributed by atoms with Crippen LogP contribution in [0.4, 0.5) is 5.95 Å². The topological polar surface area (TPSA) is 54.6 Å². The summed E-state index contributed by atoms with van der Waals surface area (Å²) < 4.78 is 1.86. The van der Waals surface area contributed by atoms with Crippen molar-refractivity contribution in [1.82, 2.24) is 15.0 Å². The standard InChI is InChI=1S/C11H14N5/c1-3-12-10-13-9(2)14-11(15-10)16-7-5-4-6-8-16/h4-8H,3H2,1-2H3,(H,12,13,14,15)/q+1. The summed E-state index contributed by atoms with van der Waals surface area (Å²) in [4.78, 5) is 12.8. The first kappa shape index (κ1) is 10.5. The summed E-state index contributed by atoms with van der Waals surface area (Å²) in [6, 6.07) is 5.83. The van der Waals surface area contributed by atoms with E-state index < -0.39 is 0 Å². The molecule has 5 heteroatoms. The van der Waals surface area contributed by atoms with E-state index in [2.05, 4.69) is 20.3 Å². The quantitative estimate of drug-likeness (QED) is 0.774. The Morgan fingerprint density at radius 3 is 2.56 bits per heavy atom. The molecule has 1 N–H and O–H groups in total. The third-order valence-electron chi connectivity index (χ3n) is 2.02. The van der Waals surface area contributed by atoms with E-state index in [9.17, 15) is 0 Å². The first-order chi connectivity index (χ1) is 7.79. The van der Waals surface area contributed by atoms with Gasteiger partial charge in [0.1, 0.15) is 0 Å². The second-order valence-electron chi connectivity index (χ2n) is 3.32. The molecule has 0 unspecified atom stereocenters. The molecule has 0 fully saturated rings. The molecule has 5 nitrogen and oxygen atoms in total. The third-order valence-corrected chi connectivity index (χ3v) is 2.02. The monoisotopic (exact) mass is 216 g/mol. The normalized spacial score (nSPS) is 10.1. The fourth-order valence-electron chi connectivity index (χ4n) is 1.35. The van der Waals surface area contributed by atoms with Crippen LogP contribution in [-0.4, -0.2) is 21.5 Å². The van der Waals surface area contributed by atoms with Crippen LogP contribution in [-0.2, 0) is 0 Å². The van der Waals surface area contributed by atoms with Crippen molar-refractivity contribution in [2.24, 2.45) is 0 Å². The van der Waals surface area contributed by atoms with Crippen molar-refractivity contribution in [2.45, 2.75) is 13.8 Å². The molecule has 0 aromatic carbocycles. The lowest BCUT2D eigenvalue weighted by Crippen LogP contribution is -2.32. The molecular weight excluding hydrogens is 202 g/mol. The van der Waals surface area contributed by atoms with Gasteiger partial charge in [0.15, 0.2) is 0 Å². The number of rotatable bonds is 3. The number of nitrogens with zero attached hydrogens (tertiary/aromatic N) is 4. The molecule has 0 atom stereocenters. The molecule has 2 aromatic heterocycles. The van der Waals surface area contributed by atoms with E-state index in [4.69, 9.17) is 0 Å². The number of pyridine rings is 1. The molecule has 16 heavy (non-hydrogen) atoms. The Bertz CT molecular complexity index is 469. The Hall–Kier alpha value is -2.04. The highest BCUT2D eigenvalue weighted by Crippen LogP contribution is 1.99. The van der Waals surface area contributed by atoms with Crippen LogP contribution in [0, 0.1) is 6.92 Å². The summed E-state index contributed by atoms with van der Waals surface area (Å²) in [6.07, 6.45) is 3.81. The van der Waals surface area contributed by atoms with Gasteiger partial charge in [-0.1, -0.05) is 11.1 Å². The number of hydrogen-bond acceptors (Lipinski definition) is 4. The summed E-state index contributed by atoms with van der Waals surface area (Å²) in [5.74, 6) is 1.95. The molecule has 0 aliphatic carbocycles. The Balaban J connectivity index is 2.41. The van der Waals surface area contributed by atoms with Crippen LogP contribution in [0.5, 0.6) is 0 Å². The van der Waals surface area contributed by atoms with Gasteiger partial charge in [-0.25, -0.2) is 4.57 Å². The summed E-state index contributed by atoms with van der Waals surface area (Å²) >= 11 is 0. The molecular formula is C11H14N5+. The van der Waals surface area contributed by atoms with Crippen molar-refractivity contribution >= 4 is 5.95 Å². The van der Waals surface area contributed by atoms with Crippen LogP contribution >= 0.6 is 0 Å². The van der Waals surface area contributed by atoms with Gasteiger partial charge in [-0.2, -0.15) is 4.98 Å². The van der Waals surface area contributed by atoms with E-state index in [1.54, 1.807) is 0 Å². The van der Waals surface area contributed by atoms with E-state index in [0.29, 0.717) is 17.7 Å². The molecule has 0 saturated heterocycles. The Morgan fingerprint density at radius 1 is 1.12 bits per heavy atom. The minimum absolute atomic E-state index is 0.612. The van der Waals surface area contributed by atoms with Gasteiger partial charge in [0, 0.05) is 13.5 Å². The van der Waals surface area contributed by atoms with Gasteiger partial charge in [0.25, 0.3) is 0 Å². The summed E-state index contributed by atoms with van der Waals surface area (Å²) in [6.45, 7) is 4.66. The maximum absolute atomic E-state index is 4.32. The van der Waals surface area contributed by atoms with Crippen molar-refractivity contribution < 1.29 is 4.57 Å². The summed E-state index contributed by atoms with van der Waals surface area (Å²) in [5.41, 5.74) is 0. The number of nitrogens with one attached hydrogen (secondary N) is 1. The van der Waals surface area contributed by atoms with Crippen molar-refractivity contribution in [3.8, 4) is 5.95 Å². The maximum atomic E-state index is 4.32. The lowest BCUT2D eigenvalue weighted by molar-refractivity contribution is -0.603. The third kappa shape index (κ3) is 2.31. The van der Waals surface area contributed by atoms with Gasteiger partial charge in [-0.05, 0) is 24.0 Å². The minimum Gasteiger partial charge on any atom is -0.340 e. The van der Waals surface area contributed by atoms with E-state index in [-0.39, 0.29) is 0 Å². The van der Waals surface area contributed by atoms with Gasteiger partial charge >= 0.3 is 11.9 Å². The maximum Gasteiger partial charge on any atom is 0.442 e. The van der Waals surface area contributed by atoms with E-state index >= 15 is 0 Å². The van der Waals surface area contributed by atoms with Gasteiger partial charge < -0.3 is 5.32 Å². The summed E-state index contributed by atoms with van der Waals surface area (Å²) in [7, 11) is 0. The smallest absolute Gasteiger partial charge is 0.340 e. The minimum atomic E-state index is 0.612. The molecule has 2 heterocycles. The number of anilines is 1. The predicted molar refractivity (Wildman–Crippen MR) is 60.3 cm³/mol. The Labute approximate surface area is 94.2 Å². The second-order valence-corrected chi connectivity index (χ2v) is 3.32. The van der Waals surface area contributed by atoms with Gasteiger partial charge in [0.2, 0.25) is 5.82 Å². The highest BCUT2D eigenvalue weighted by atomic mass is 15.2. The van der Waals surface area contributed by atoms with Crippen molar-refractivity contribution in [1.29, 1.82) is 0 Å². The highest BCUT2D eigenvalue weighted by molar-refractivity contribution is 5.25. The van der Waals surface area contributed by atoms with E-state index in [1.807, 2.05) is 49.0 Å². The highest BCUT2D eigenvalue weighted by Gasteiger charge is 2.13. The average molecular weight is 216 g/mol. The van der Waals surface area contributed by atoms with Crippen LogP contribution in [0.15, 0.2) is 30.6 Å². The number of aryl methyl sites for hydroxylation is 1. The molecule has 0 bridgehead atoms. The molecule has 0 aliphatic rings. The van der Waals surface area contributed by atoms with Crippen LogP contribution in [0.25, 0.3) is 5.95 Å². The molecule has 0 amide bonds. The molecule has 82 valence electrons. The lowest BCUT2D eigenvalue weighted by atomic mass is 10.5. The molecule has 0 aliphatic heterocycles. The zero-order chi connectivity index (χ0) is 11.4. The largest absolute Gasteiger partial charge is 0.442 e. The van der Waals surface area contributed by atoms with Crippen LogP contribution in [0.2, 0.25) is 0 Å². The van der Waals surface area contributed by atoms with Gasteiger partial charge in [0.05, 0.1) is 12.4 Å². The molecule has 0 spiro atoms. The van der Waals surface area contributed by atoms with Crippen LogP contribution in [0.1, 0.15) is 12.7 Å². The van der Waals surface area contributed by atoms with E-state index in [0.717, 1.165) is 6.54 Å². The fraction of sp³-hybridized carbons (Fsp3) is 0.273. The van der Waals surface area contributed by atoms with Crippen LogP contribution in [0.3, 0.4) is 0 Å². The van der Waals surface area contributed by atoms with Crippen molar-refractivity contribution in [3.63, 3.8) is 0 Å². The lowest BCUT2D eigenvalue weighted by Gasteiger charge is -1.98. The molecule has 2 aromatic rings. The van der Waals surface area contributed by atoms with Crippen molar-refractivity contribution in [3.05, 3.63) is 36.4 Å². The van der Waals surface area contributed by atoms with E-state index in [1.165, 1.54) is 0 Å².